The lowest BCUT2D eigenvalue weighted by Crippen LogP contribution is -2.32. The fourth-order valence-electron chi connectivity index (χ4n) is 2.62. The molecule has 0 aliphatic heterocycles. The summed E-state index contributed by atoms with van der Waals surface area (Å²) < 4.78 is 19.2. The van der Waals surface area contributed by atoms with Crippen molar-refractivity contribution in [3.8, 4) is 0 Å². The molecule has 25 heavy (non-hydrogen) atoms. The summed E-state index contributed by atoms with van der Waals surface area (Å²) in [5.41, 5.74) is 2.23. The van der Waals surface area contributed by atoms with E-state index in [1.165, 1.54) is 6.07 Å². The zero-order valence-corrected chi connectivity index (χ0v) is 14.0. The number of amides is 1. The Morgan fingerprint density at radius 1 is 1.16 bits per heavy atom. The van der Waals surface area contributed by atoms with Crippen molar-refractivity contribution >= 4 is 5.91 Å². The van der Waals surface area contributed by atoms with Gasteiger partial charge in [-0.1, -0.05) is 47.6 Å². The van der Waals surface area contributed by atoms with E-state index in [-0.39, 0.29) is 18.2 Å². The highest BCUT2D eigenvalue weighted by molar-refractivity contribution is 5.79. The maximum Gasteiger partial charge on any atom is 0.225 e. The molecule has 0 spiro atoms. The second-order valence-corrected chi connectivity index (χ2v) is 5.80. The summed E-state index contributed by atoms with van der Waals surface area (Å²) in [6.07, 6.45) is 0.189. The molecule has 0 unspecified atom stereocenters. The maximum atomic E-state index is 14.2. The quantitative estimate of drug-likeness (QED) is 0.775. The highest BCUT2D eigenvalue weighted by atomic mass is 19.1. The molecule has 128 valence electrons. The number of carbonyl (C=O) groups is 1. The Morgan fingerprint density at radius 3 is 2.56 bits per heavy atom. The summed E-state index contributed by atoms with van der Waals surface area (Å²) in [6, 6.07) is 13.1. The molecule has 1 amide bonds. The molecule has 1 aromatic heterocycles. The normalized spacial score (nSPS) is 12.0. The Kier molecular flexibility index (Phi) is 4.88. The van der Waals surface area contributed by atoms with Crippen molar-refractivity contribution in [1.82, 2.24) is 15.5 Å². The standard InChI is InChI=1S/C19H18FN3O2/c1-12-7-3-4-8-14(12)11-17(24)22-18(19-21-13(2)25-23-19)15-9-5-6-10-16(15)20/h3-10,18H,11H2,1-2H3,(H,22,24)/t18-/m0/s1. The van der Waals surface area contributed by atoms with Crippen molar-refractivity contribution in [2.75, 3.05) is 0 Å². The van der Waals surface area contributed by atoms with Gasteiger partial charge in [0.25, 0.3) is 0 Å². The third-order valence-electron chi connectivity index (χ3n) is 3.94. The van der Waals surface area contributed by atoms with Gasteiger partial charge in [0.2, 0.25) is 11.8 Å². The van der Waals surface area contributed by atoms with Gasteiger partial charge in [-0.15, -0.1) is 0 Å². The van der Waals surface area contributed by atoms with Crippen LogP contribution >= 0.6 is 0 Å². The highest BCUT2D eigenvalue weighted by Gasteiger charge is 2.24. The molecule has 1 heterocycles. The van der Waals surface area contributed by atoms with Gasteiger partial charge >= 0.3 is 0 Å². The predicted octanol–water partition coefficient (Wildman–Crippen LogP) is 3.27. The topological polar surface area (TPSA) is 68.0 Å². The number of carbonyl (C=O) groups excluding carboxylic acids is 1. The molecule has 0 saturated carbocycles. The van der Waals surface area contributed by atoms with Gasteiger partial charge in [-0.25, -0.2) is 4.39 Å². The van der Waals surface area contributed by atoms with Crippen molar-refractivity contribution in [3.63, 3.8) is 0 Å². The van der Waals surface area contributed by atoms with Gasteiger partial charge in [0.05, 0.1) is 6.42 Å². The van der Waals surface area contributed by atoms with Gasteiger partial charge in [0.15, 0.2) is 5.82 Å². The van der Waals surface area contributed by atoms with Crippen molar-refractivity contribution in [1.29, 1.82) is 0 Å². The number of nitrogens with one attached hydrogen (secondary N) is 1. The highest BCUT2D eigenvalue weighted by Crippen LogP contribution is 2.22. The van der Waals surface area contributed by atoms with Crippen LogP contribution in [-0.4, -0.2) is 16.0 Å². The molecule has 1 N–H and O–H groups in total. The molecule has 0 aliphatic rings. The van der Waals surface area contributed by atoms with Crippen molar-refractivity contribution < 1.29 is 13.7 Å². The maximum absolute atomic E-state index is 14.2. The first-order valence-electron chi connectivity index (χ1n) is 7.93. The number of rotatable bonds is 5. The number of aromatic nitrogens is 2. The van der Waals surface area contributed by atoms with E-state index in [9.17, 15) is 9.18 Å². The number of hydrogen-bond donors (Lipinski definition) is 1. The van der Waals surface area contributed by atoms with Gasteiger partial charge in [0, 0.05) is 12.5 Å². The second-order valence-electron chi connectivity index (χ2n) is 5.80. The molecule has 6 heteroatoms. The molecule has 0 fully saturated rings. The minimum Gasteiger partial charge on any atom is -0.341 e. The van der Waals surface area contributed by atoms with E-state index in [1.54, 1.807) is 25.1 Å². The lowest BCUT2D eigenvalue weighted by Gasteiger charge is -2.17. The van der Waals surface area contributed by atoms with Crippen molar-refractivity contribution in [2.24, 2.45) is 0 Å². The Balaban J connectivity index is 1.87. The van der Waals surface area contributed by atoms with Crippen LogP contribution in [-0.2, 0) is 11.2 Å². The Hall–Kier alpha value is -3.02. The average molecular weight is 339 g/mol. The largest absolute Gasteiger partial charge is 0.341 e. The first-order chi connectivity index (χ1) is 12.0. The zero-order chi connectivity index (χ0) is 17.8. The van der Waals surface area contributed by atoms with Gasteiger partial charge in [0.1, 0.15) is 11.9 Å². The number of halogens is 1. The molecular formula is C19H18FN3O2. The molecule has 0 radical (unpaired) electrons. The van der Waals surface area contributed by atoms with Gasteiger partial charge < -0.3 is 9.84 Å². The van der Waals surface area contributed by atoms with Crippen LogP contribution in [0.4, 0.5) is 4.39 Å². The fourth-order valence-corrected chi connectivity index (χ4v) is 2.62. The van der Waals surface area contributed by atoms with E-state index in [1.807, 2.05) is 31.2 Å². The Bertz CT molecular complexity index is 892. The summed E-state index contributed by atoms with van der Waals surface area (Å²) in [6.45, 7) is 3.59. The molecule has 3 rings (SSSR count). The van der Waals surface area contributed by atoms with Crippen LogP contribution in [0.15, 0.2) is 53.1 Å². The summed E-state index contributed by atoms with van der Waals surface area (Å²) in [7, 11) is 0. The van der Waals surface area contributed by atoms with E-state index in [2.05, 4.69) is 15.5 Å². The third-order valence-corrected chi connectivity index (χ3v) is 3.94. The van der Waals surface area contributed by atoms with Crippen molar-refractivity contribution in [3.05, 3.63) is 82.8 Å². The Morgan fingerprint density at radius 2 is 1.88 bits per heavy atom. The zero-order valence-electron chi connectivity index (χ0n) is 14.0. The van der Waals surface area contributed by atoms with E-state index in [0.717, 1.165) is 11.1 Å². The SMILES string of the molecule is Cc1nc([C@@H](NC(=O)Cc2ccccc2C)c2ccccc2F)no1. The van der Waals surface area contributed by atoms with Gasteiger partial charge in [-0.3, -0.25) is 4.79 Å². The van der Waals surface area contributed by atoms with Gasteiger partial charge in [-0.05, 0) is 24.1 Å². The predicted molar refractivity (Wildman–Crippen MR) is 90.3 cm³/mol. The number of benzene rings is 2. The fraction of sp³-hybridized carbons (Fsp3) is 0.211. The smallest absolute Gasteiger partial charge is 0.225 e. The minimum absolute atomic E-state index is 0.189. The first-order valence-corrected chi connectivity index (χ1v) is 7.93. The van der Waals surface area contributed by atoms with Crippen LogP contribution in [0, 0.1) is 19.7 Å². The molecule has 3 aromatic rings. The summed E-state index contributed by atoms with van der Waals surface area (Å²) >= 11 is 0. The van der Waals surface area contributed by atoms with Crippen LogP contribution in [0.1, 0.15) is 34.4 Å². The van der Waals surface area contributed by atoms with Gasteiger partial charge in [-0.2, -0.15) is 4.98 Å². The minimum atomic E-state index is -0.810. The second kappa shape index (κ2) is 7.25. The van der Waals surface area contributed by atoms with E-state index >= 15 is 0 Å². The van der Waals surface area contributed by atoms with Crippen LogP contribution in [0.25, 0.3) is 0 Å². The van der Waals surface area contributed by atoms with Crippen molar-refractivity contribution in [2.45, 2.75) is 26.3 Å². The van der Waals surface area contributed by atoms with E-state index in [0.29, 0.717) is 11.5 Å². The van der Waals surface area contributed by atoms with Crippen LogP contribution < -0.4 is 5.32 Å². The summed E-state index contributed by atoms with van der Waals surface area (Å²) in [5.74, 6) is -0.110. The first kappa shape index (κ1) is 16.8. The molecule has 0 aliphatic carbocycles. The van der Waals surface area contributed by atoms with Crippen LogP contribution in [0.2, 0.25) is 0 Å². The summed E-state index contributed by atoms with van der Waals surface area (Å²) in [4.78, 5) is 16.7. The lowest BCUT2D eigenvalue weighted by atomic mass is 10.0. The average Bonchev–Trinajstić information content (AvgIpc) is 3.02. The van der Waals surface area contributed by atoms with E-state index in [4.69, 9.17) is 4.52 Å². The number of aryl methyl sites for hydroxylation is 2. The molecule has 0 saturated heterocycles. The molecular weight excluding hydrogens is 321 g/mol. The monoisotopic (exact) mass is 339 g/mol. The molecule has 2 aromatic carbocycles. The molecule has 1 atom stereocenters. The third kappa shape index (κ3) is 3.91. The molecule has 5 nitrogen and oxygen atoms in total. The Labute approximate surface area is 144 Å². The van der Waals surface area contributed by atoms with E-state index < -0.39 is 11.9 Å². The lowest BCUT2D eigenvalue weighted by molar-refractivity contribution is -0.121. The number of nitrogens with zero attached hydrogens (tertiary/aromatic N) is 2. The number of hydrogen-bond acceptors (Lipinski definition) is 4. The molecule has 0 bridgehead atoms. The van der Waals surface area contributed by atoms with Crippen LogP contribution in [0.5, 0.6) is 0 Å². The van der Waals surface area contributed by atoms with Crippen LogP contribution in [0.3, 0.4) is 0 Å². The summed E-state index contributed by atoms with van der Waals surface area (Å²) in [5, 5.41) is 6.66.